The summed E-state index contributed by atoms with van der Waals surface area (Å²) in [5.74, 6) is 0.466. The van der Waals surface area contributed by atoms with Gasteiger partial charge in [-0.25, -0.2) is 4.79 Å². The quantitative estimate of drug-likeness (QED) is 0.657. The summed E-state index contributed by atoms with van der Waals surface area (Å²) in [4.78, 5) is 12.8. The molecule has 1 aliphatic heterocycles. The van der Waals surface area contributed by atoms with E-state index in [1.54, 1.807) is 17.8 Å². The smallest absolute Gasteiger partial charge is 0.337 e. The number of benzene rings is 2. The Labute approximate surface area is 151 Å². The molecule has 126 valence electrons. The lowest BCUT2D eigenvalue weighted by Crippen LogP contribution is -2.16. The van der Waals surface area contributed by atoms with Gasteiger partial charge in [0.05, 0.1) is 17.7 Å². The van der Waals surface area contributed by atoms with Crippen LogP contribution in [0.15, 0.2) is 41.3 Å². The Hall–Kier alpha value is -1.49. The van der Waals surface area contributed by atoms with Gasteiger partial charge in [-0.2, -0.15) is 0 Å². The van der Waals surface area contributed by atoms with Crippen molar-refractivity contribution in [1.82, 2.24) is 5.32 Å². The highest BCUT2D eigenvalue weighted by Gasteiger charge is 2.15. The summed E-state index contributed by atoms with van der Waals surface area (Å²) in [5.41, 5.74) is 4.41. The van der Waals surface area contributed by atoms with Crippen molar-refractivity contribution in [3.8, 4) is 0 Å². The summed E-state index contributed by atoms with van der Waals surface area (Å²) in [6.45, 7) is 2.00. The van der Waals surface area contributed by atoms with Crippen molar-refractivity contribution in [2.24, 2.45) is 0 Å². The number of carbonyl (C=O) groups excluding carboxylic acids is 1. The predicted octanol–water partition coefficient (Wildman–Crippen LogP) is 4.11. The molecule has 0 saturated carbocycles. The molecule has 0 aromatic heterocycles. The monoisotopic (exact) mass is 361 g/mol. The SMILES string of the molecule is COC(=O)c1cccc(CSc2c(Cl)ccc3c2CCNCC3)c1. The molecular weight excluding hydrogens is 342 g/mol. The number of hydrogen-bond acceptors (Lipinski definition) is 4. The number of ether oxygens (including phenoxy) is 1. The minimum Gasteiger partial charge on any atom is -0.465 e. The van der Waals surface area contributed by atoms with E-state index in [-0.39, 0.29) is 5.97 Å². The van der Waals surface area contributed by atoms with Crippen LogP contribution >= 0.6 is 23.4 Å². The molecule has 0 atom stereocenters. The molecule has 0 unspecified atom stereocenters. The van der Waals surface area contributed by atoms with Crippen molar-refractivity contribution < 1.29 is 9.53 Å². The molecular formula is C19H20ClNO2S. The summed E-state index contributed by atoms with van der Waals surface area (Å²) in [5, 5.41) is 4.25. The van der Waals surface area contributed by atoms with E-state index < -0.39 is 0 Å². The molecule has 0 fully saturated rings. The Morgan fingerprint density at radius 3 is 2.92 bits per heavy atom. The Bertz CT molecular complexity index is 748. The number of rotatable bonds is 4. The molecule has 2 aromatic carbocycles. The van der Waals surface area contributed by atoms with Gasteiger partial charge in [-0.05, 0) is 60.8 Å². The molecule has 5 heteroatoms. The summed E-state index contributed by atoms with van der Waals surface area (Å²) in [7, 11) is 1.40. The second kappa shape index (κ2) is 8.06. The fraction of sp³-hybridized carbons (Fsp3) is 0.316. The van der Waals surface area contributed by atoms with Gasteiger partial charge in [-0.15, -0.1) is 11.8 Å². The number of esters is 1. The third-order valence-corrected chi connectivity index (χ3v) is 5.82. The Morgan fingerprint density at radius 2 is 2.08 bits per heavy atom. The van der Waals surface area contributed by atoms with Crippen LogP contribution in [0.4, 0.5) is 0 Å². The zero-order chi connectivity index (χ0) is 16.9. The van der Waals surface area contributed by atoms with Crippen LogP contribution in [0.25, 0.3) is 0 Å². The predicted molar refractivity (Wildman–Crippen MR) is 99.1 cm³/mol. The molecule has 1 N–H and O–H groups in total. The maximum Gasteiger partial charge on any atom is 0.337 e. The lowest BCUT2D eigenvalue weighted by atomic mass is 10.0. The first-order valence-electron chi connectivity index (χ1n) is 8.00. The minimum absolute atomic E-state index is 0.306. The number of halogens is 1. The van der Waals surface area contributed by atoms with Gasteiger partial charge >= 0.3 is 5.97 Å². The number of nitrogens with one attached hydrogen (secondary N) is 1. The third-order valence-electron chi connectivity index (χ3n) is 4.16. The molecule has 0 radical (unpaired) electrons. The second-order valence-corrected chi connectivity index (χ2v) is 7.14. The first-order valence-corrected chi connectivity index (χ1v) is 9.36. The van der Waals surface area contributed by atoms with E-state index in [0.29, 0.717) is 5.56 Å². The molecule has 1 heterocycles. The van der Waals surface area contributed by atoms with Crippen molar-refractivity contribution in [2.45, 2.75) is 23.5 Å². The molecule has 3 rings (SSSR count). The van der Waals surface area contributed by atoms with Gasteiger partial charge < -0.3 is 10.1 Å². The van der Waals surface area contributed by atoms with Gasteiger partial charge in [0, 0.05) is 10.6 Å². The first-order chi connectivity index (χ1) is 11.7. The zero-order valence-corrected chi connectivity index (χ0v) is 15.2. The number of carbonyl (C=O) groups is 1. The number of fused-ring (bicyclic) bond motifs is 1. The molecule has 0 amide bonds. The van der Waals surface area contributed by atoms with Gasteiger partial charge in [0.25, 0.3) is 0 Å². The number of hydrogen-bond donors (Lipinski definition) is 1. The Balaban J connectivity index is 1.81. The van der Waals surface area contributed by atoms with E-state index in [0.717, 1.165) is 42.3 Å². The van der Waals surface area contributed by atoms with Crippen LogP contribution in [-0.2, 0) is 23.3 Å². The van der Waals surface area contributed by atoms with E-state index in [1.807, 2.05) is 24.3 Å². The van der Waals surface area contributed by atoms with E-state index in [4.69, 9.17) is 16.3 Å². The molecule has 1 aliphatic rings. The summed E-state index contributed by atoms with van der Waals surface area (Å²) < 4.78 is 4.79. The van der Waals surface area contributed by atoms with Crippen LogP contribution in [0.3, 0.4) is 0 Å². The average Bonchev–Trinajstić information content (AvgIpc) is 2.86. The van der Waals surface area contributed by atoms with Crippen LogP contribution in [0, 0.1) is 0 Å². The summed E-state index contributed by atoms with van der Waals surface area (Å²) in [6.07, 6.45) is 2.04. The van der Waals surface area contributed by atoms with Gasteiger partial charge in [0.15, 0.2) is 0 Å². The van der Waals surface area contributed by atoms with E-state index in [2.05, 4.69) is 11.4 Å². The maximum absolute atomic E-state index is 11.7. The maximum atomic E-state index is 11.7. The first kappa shape index (κ1) is 17.3. The fourth-order valence-corrected chi connectivity index (χ4v) is 4.37. The van der Waals surface area contributed by atoms with Gasteiger partial charge in [-0.3, -0.25) is 0 Å². The van der Waals surface area contributed by atoms with Crippen molar-refractivity contribution in [1.29, 1.82) is 0 Å². The van der Waals surface area contributed by atoms with Gasteiger partial charge in [0.1, 0.15) is 0 Å². The van der Waals surface area contributed by atoms with E-state index >= 15 is 0 Å². The van der Waals surface area contributed by atoms with Crippen molar-refractivity contribution in [3.05, 3.63) is 63.7 Å². The van der Waals surface area contributed by atoms with Crippen LogP contribution in [0.1, 0.15) is 27.0 Å². The highest BCUT2D eigenvalue weighted by Crippen LogP contribution is 2.36. The molecule has 24 heavy (non-hydrogen) atoms. The number of thioether (sulfide) groups is 1. The lowest BCUT2D eigenvalue weighted by Gasteiger charge is -2.14. The van der Waals surface area contributed by atoms with Crippen LogP contribution in [0.2, 0.25) is 5.02 Å². The topological polar surface area (TPSA) is 38.3 Å². The summed E-state index contributed by atoms with van der Waals surface area (Å²) in [6, 6.07) is 11.7. The Kier molecular flexibility index (Phi) is 5.82. The number of methoxy groups -OCH3 is 1. The van der Waals surface area contributed by atoms with Crippen LogP contribution < -0.4 is 5.32 Å². The standard InChI is InChI=1S/C19H20ClNO2S/c1-23-19(22)15-4-2-3-13(11-15)12-24-18-16-8-10-21-9-7-14(16)5-6-17(18)20/h2-6,11,21H,7-10,12H2,1H3. The second-order valence-electron chi connectivity index (χ2n) is 5.74. The molecule has 0 saturated heterocycles. The average molecular weight is 362 g/mol. The lowest BCUT2D eigenvalue weighted by molar-refractivity contribution is 0.0600. The van der Waals surface area contributed by atoms with Gasteiger partial charge in [-0.1, -0.05) is 29.8 Å². The van der Waals surface area contributed by atoms with E-state index in [1.165, 1.54) is 23.1 Å². The van der Waals surface area contributed by atoms with Crippen molar-refractivity contribution >= 4 is 29.3 Å². The fourth-order valence-electron chi connectivity index (χ4n) is 2.93. The van der Waals surface area contributed by atoms with E-state index in [9.17, 15) is 4.79 Å². The normalized spacial score (nSPS) is 13.9. The van der Waals surface area contributed by atoms with Gasteiger partial charge in [0.2, 0.25) is 0 Å². The zero-order valence-electron chi connectivity index (χ0n) is 13.6. The minimum atomic E-state index is -0.306. The van der Waals surface area contributed by atoms with Crippen LogP contribution in [0.5, 0.6) is 0 Å². The van der Waals surface area contributed by atoms with Crippen LogP contribution in [-0.4, -0.2) is 26.2 Å². The van der Waals surface area contributed by atoms with Crippen molar-refractivity contribution in [2.75, 3.05) is 20.2 Å². The molecule has 3 nitrogen and oxygen atoms in total. The highest BCUT2D eigenvalue weighted by molar-refractivity contribution is 7.98. The summed E-state index contributed by atoms with van der Waals surface area (Å²) >= 11 is 8.21. The Morgan fingerprint density at radius 1 is 1.25 bits per heavy atom. The van der Waals surface area contributed by atoms with Crippen molar-refractivity contribution in [3.63, 3.8) is 0 Å². The molecule has 0 aliphatic carbocycles. The third kappa shape index (κ3) is 3.94. The highest BCUT2D eigenvalue weighted by atomic mass is 35.5. The molecule has 2 aromatic rings. The largest absolute Gasteiger partial charge is 0.465 e. The molecule has 0 bridgehead atoms. The molecule has 0 spiro atoms.